The summed E-state index contributed by atoms with van der Waals surface area (Å²) in [4.78, 5) is 9.00. The van der Waals surface area contributed by atoms with Gasteiger partial charge in [0.25, 0.3) is 0 Å². The van der Waals surface area contributed by atoms with Crippen LogP contribution in [0, 0.1) is 0 Å². The standard InChI is InChI=1S/C18H28N6OS/c1-19-18(20-10-16(22(2)3)14-5-8-26-13-14)24-6-7-25-17(12-24)15-9-21-23(4)11-15/h5,8-9,11,13,16-17H,6-7,10,12H2,1-4H3,(H,19,20). The average Bonchev–Trinajstić information content (AvgIpc) is 3.30. The number of aliphatic imine (C=N–C) groups is 1. The minimum atomic E-state index is 0.0255. The molecule has 2 aromatic rings. The topological polar surface area (TPSA) is 57.9 Å². The average molecular weight is 377 g/mol. The first-order valence-electron chi connectivity index (χ1n) is 8.82. The van der Waals surface area contributed by atoms with E-state index in [-0.39, 0.29) is 6.10 Å². The summed E-state index contributed by atoms with van der Waals surface area (Å²) in [5, 5.41) is 12.1. The van der Waals surface area contributed by atoms with E-state index in [0.717, 1.165) is 31.2 Å². The lowest BCUT2D eigenvalue weighted by Crippen LogP contribution is -2.49. The minimum Gasteiger partial charge on any atom is -0.370 e. The van der Waals surface area contributed by atoms with Gasteiger partial charge in [-0.25, -0.2) is 0 Å². The third kappa shape index (κ3) is 4.44. The summed E-state index contributed by atoms with van der Waals surface area (Å²) in [6, 6.07) is 2.50. The molecule has 0 bridgehead atoms. The summed E-state index contributed by atoms with van der Waals surface area (Å²) in [7, 11) is 7.99. The summed E-state index contributed by atoms with van der Waals surface area (Å²) < 4.78 is 7.75. The molecule has 8 heteroatoms. The molecular formula is C18H28N6OS. The number of hydrogen-bond donors (Lipinski definition) is 1. The van der Waals surface area contributed by atoms with E-state index in [1.165, 1.54) is 5.56 Å². The van der Waals surface area contributed by atoms with Gasteiger partial charge in [0.2, 0.25) is 0 Å². The van der Waals surface area contributed by atoms with Gasteiger partial charge in [0.1, 0.15) is 6.10 Å². The molecule has 26 heavy (non-hydrogen) atoms. The summed E-state index contributed by atoms with van der Waals surface area (Å²) in [5.41, 5.74) is 2.44. The van der Waals surface area contributed by atoms with Crippen LogP contribution >= 0.6 is 11.3 Å². The lowest BCUT2D eigenvalue weighted by atomic mass is 10.1. The zero-order valence-electron chi connectivity index (χ0n) is 15.9. The number of morpholine rings is 1. The molecule has 0 amide bonds. The highest BCUT2D eigenvalue weighted by Gasteiger charge is 2.25. The smallest absolute Gasteiger partial charge is 0.193 e. The van der Waals surface area contributed by atoms with Gasteiger partial charge < -0.3 is 19.9 Å². The normalized spacial score (nSPS) is 19.8. The van der Waals surface area contributed by atoms with Gasteiger partial charge in [-0.15, -0.1) is 0 Å². The fraction of sp³-hybridized carbons (Fsp3) is 0.556. The second-order valence-electron chi connectivity index (χ2n) is 6.72. The van der Waals surface area contributed by atoms with Crippen molar-refractivity contribution >= 4 is 17.3 Å². The highest BCUT2D eigenvalue weighted by molar-refractivity contribution is 7.07. The van der Waals surface area contributed by atoms with Crippen molar-refractivity contribution in [3.63, 3.8) is 0 Å². The first-order valence-corrected chi connectivity index (χ1v) is 9.77. The van der Waals surface area contributed by atoms with Crippen LogP contribution in [0.2, 0.25) is 0 Å². The molecule has 2 atom stereocenters. The van der Waals surface area contributed by atoms with Crippen LogP contribution in [0.15, 0.2) is 34.2 Å². The van der Waals surface area contributed by atoms with Gasteiger partial charge in [0.15, 0.2) is 5.96 Å². The fourth-order valence-corrected chi connectivity index (χ4v) is 3.94. The molecule has 142 valence electrons. The van der Waals surface area contributed by atoms with Crippen LogP contribution in [-0.4, -0.2) is 72.9 Å². The molecule has 0 spiro atoms. The van der Waals surface area contributed by atoms with E-state index in [2.05, 4.69) is 56.1 Å². The third-order valence-corrected chi connectivity index (χ3v) is 5.38. The molecule has 1 saturated heterocycles. The molecule has 0 aliphatic carbocycles. The first-order chi connectivity index (χ1) is 12.6. The van der Waals surface area contributed by atoms with Gasteiger partial charge in [-0.3, -0.25) is 9.67 Å². The van der Waals surface area contributed by atoms with E-state index in [9.17, 15) is 0 Å². The van der Waals surface area contributed by atoms with Crippen molar-refractivity contribution < 1.29 is 4.74 Å². The summed E-state index contributed by atoms with van der Waals surface area (Å²) >= 11 is 1.73. The quantitative estimate of drug-likeness (QED) is 0.636. The highest BCUT2D eigenvalue weighted by Crippen LogP contribution is 2.23. The van der Waals surface area contributed by atoms with E-state index in [0.29, 0.717) is 12.6 Å². The van der Waals surface area contributed by atoms with E-state index in [1.807, 2.05) is 31.2 Å². The van der Waals surface area contributed by atoms with Crippen LogP contribution in [0.5, 0.6) is 0 Å². The molecule has 0 radical (unpaired) electrons. The van der Waals surface area contributed by atoms with Crippen LogP contribution in [0.3, 0.4) is 0 Å². The molecule has 7 nitrogen and oxygen atoms in total. The van der Waals surface area contributed by atoms with Crippen molar-refractivity contribution in [3.8, 4) is 0 Å². The molecule has 2 unspecified atom stereocenters. The lowest BCUT2D eigenvalue weighted by molar-refractivity contribution is -0.00811. The van der Waals surface area contributed by atoms with Gasteiger partial charge in [-0.1, -0.05) is 0 Å². The molecule has 1 aliphatic rings. The van der Waals surface area contributed by atoms with Crippen LogP contribution in [0.4, 0.5) is 0 Å². The molecule has 1 N–H and O–H groups in total. The Bertz CT molecular complexity index is 711. The maximum atomic E-state index is 5.94. The highest BCUT2D eigenvalue weighted by atomic mass is 32.1. The Balaban J connectivity index is 1.63. The number of aryl methyl sites for hydroxylation is 1. The molecule has 3 heterocycles. The van der Waals surface area contributed by atoms with Crippen molar-refractivity contribution in [2.45, 2.75) is 12.1 Å². The van der Waals surface area contributed by atoms with Gasteiger partial charge >= 0.3 is 0 Å². The largest absolute Gasteiger partial charge is 0.370 e. The molecule has 1 fully saturated rings. The number of thiophene rings is 1. The first kappa shape index (κ1) is 18.9. The maximum Gasteiger partial charge on any atom is 0.193 e. The van der Waals surface area contributed by atoms with E-state index in [4.69, 9.17) is 4.74 Å². The second kappa shape index (κ2) is 8.66. The summed E-state index contributed by atoms with van der Waals surface area (Å²) in [6.45, 7) is 3.10. The van der Waals surface area contributed by atoms with Crippen molar-refractivity contribution in [3.05, 3.63) is 40.3 Å². The Morgan fingerprint density at radius 2 is 2.38 bits per heavy atom. The van der Waals surface area contributed by atoms with Gasteiger partial charge in [-0.05, 0) is 36.5 Å². The number of likely N-dealkylation sites (N-methyl/N-ethyl adjacent to an activating group) is 1. The molecule has 0 saturated carbocycles. The lowest BCUT2D eigenvalue weighted by Gasteiger charge is -2.35. The van der Waals surface area contributed by atoms with E-state index >= 15 is 0 Å². The Morgan fingerprint density at radius 1 is 1.54 bits per heavy atom. The van der Waals surface area contributed by atoms with Crippen LogP contribution in [0.1, 0.15) is 23.3 Å². The maximum absolute atomic E-state index is 5.94. The number of aromatic nitrogens is 2. The zero-order chi connectivity index (χ0) is 18.5. The second-order valence-corrected chi connectivity index (χ2v) is 7.50. The third-order valence-electron chi connectivity index (χ3n) is 4.68. The van der Waals surface area contributed by atoms with Crippen molar-refractivity contribution in [1.29, 1.82) is 0 Å². The van der Waals surface area contributed by atoms with Gasteiger partial charge in [0.05, 0.1) is 25.4 Å². The monoisotopic (exact) mass is 376 g/mol. The summed E-state index contributed by atoms with van der Waals surface area (Å²) in [5.74, 6) is 0.921. The Hall–Kier alpha value is -1.90. The van der Waals surface area contributed by atoms with E-state index in [1.54, 1.807) is 11.3 Å². The van der Waals surface area contributed by atoms with Crippen molar-refractivity contribution in [1.82, 2.24) is 24.9 Å². The SMILES string of the molecule is CN=C(NCC(c1ccsc1)N(C)C)N1CCOC(c2cnn(C)c2)C1. The molecule has 3 rings (SSSR count). The van der Waals surface area contributed by atoms with Crippen molar-refractivity contribution in [2.75, 3.05) is 47.4 Å². The van der Waals surface area contributed by atoms with Gasteiger partial charge in [-0.2, -0.15) is 16.4 Å². The summed E-state index contributed by atoms with van der Waals surface area (Å²) in [6.07, 6.45) is 3.92. The number of guanidine groups is 1. The Labute approximate surface area is 159 Å². The van der Waals surface area contributed by atoms with Gasteiger partial charge in [0, 0.05) is 38.9 Å². The number of nitrogens with one attached hydrogen (secondary N) is 1. The minimum absolute atomic E-state index is 0.0255. The zero-order valence-corrected chi connectivity index (χ0v) is 16.7. The van der Waals surface area contributed by atoms with Crippen LogP contribution in [-0.2, 0) is 11.8 Å². The molecule has 1 aliphatic heterocycles. The Kier molecular flexibility index (Phi) is 6.29. The number of ether oxygens (including phenoxy) is 1. The molecular weight excluding hydrogens is 348 g/mol. The number of rotatable bonds is 5. The predicted octanol–water partition coefficient (Wildman–Crippen LogP) is 1.73. The Morgan fingerprint density at radius 3 is 3.00 bits per heavy atom. The number of hydrogen-bond acceptors (Lipinski definition) is 5. The van der Waals surface area contributed by atoms with Crippen LogP contribution in [0.25, 0.3) is 0 Å². The van der Waals surface area contributed by atoms with Crippen molar-refractivity contribution in [2.24, 2.45) is 12.0 Å². The molecule has 2 aromatic heterocycles. The van der Waals surface area contributed by atoms with E-state index < -0.39 is 0 Å². The number of nitrogens with zero attached hydrogens (tertiary/aromatic N) is 5. The van der Waals surface area contributed by atoms with Crippen LogP contribution < -0.4 is 5.32 Å². The predicted molar refractivity (Wildman–Crippen MR) is 106 cm³/mol. The fourth-order valence-electron chi connectivity index (χ4n) is 3.23. The molecule has 0 aromatic carbocycles.